The van der Waals surface area contributed by atoms with E-state index >= 15 is 0 Å². The Kier molecular flexibility index (Phi) is 3.98. The van der Waals surface area contributed by atoms with Gasteiger partial charge in [-0.25, -0.2) is 4.79 Å². The second-order valence-electron chi connectivity index (χ2n) is 4.54. The van der Waals surface area contributed by atoms with Gasteiger partial charge in [0.2, 0.25) is 0 Å². The van der Waals surface area contributed by atoms with Crippen LogP contribution >= 0.6 is 0 Å². The number of urea groups is 1. The summed E-state index contributed by atoms with van der Waals surface area (Å²) in [5.41, 5.74) is 0.842. The molecule has 1 aromatic carbocycles. The molecule has 0 aromatic heterocycles. The van der Waals surface area contributed by atoms with Crippen molar-refractivity contribution >= 4 is 11.7 Å². The molecule has 4 heteroatoms. The fraction of sp³-hybridized carbons (Fsp3) is 0.462. The largest absolute Gasteiger partial charge is 0.327 e. The van der Waals surface area contributed by atoms with Crippen LogP contribution in [0, 0.1) is 5.92 Å². The zero-order valence-electron chi connectivity index (χ0n) is 10.1. The summed E-state index contributed by atoms with van der Waals surface area (Å²) in [6.07, 6.45) is 1.16. The van der Waals surface area contributed by atoms with E-state index in [0.717, 1.165) is 31.7 Å². The highest BCUT2D eigenvalue weighted by Gasteiger charge is 2.18. The molecule has 1 atom stereocenters. The molecule has 2 amide bonds. The first kappa shape index (κ1) is 11.9. The molecule has 1 fully saturated rings. The molecule has 4 nitrogen and oxygen atoms in total. The third-order valence-corrected chi connectivity index (χ3v) is 3.07. The Morgan fingerprint density at radius 3 is 2.88 bits per heavy atom. The third-order valence-electron chi connectivity index (χ3n) is 3.07. The lowest BCUT2D eigenvalue weighted by Crippen LogP contribution is -2.35. The fourth-order valence-electron chi connectivity index (χ4n) is 2.08. The van der Waals surface area contributed by atoms with Gasteiger partial charge in [-0.2, -0.15) is 0 Å². The molecule has 17 heavy (non-hydrogen) atoms. The molecule has 1 heterocycles. The van der Waals surface area contributed by atoms with Crippen molar-refractivity contribution in [3.63, 3.8) is 0 Å². The number of nitrogens with zero attached hydrogens (tertiary/aromatic N) is 1. The third kappa shape index (κ3) is 3.46. The molecule has 2 rings (SSSR count). The van der Waals surface area contributed by atoms with E-state index < -0.39 is 0 Å². The van der Waals surface area contributed by atoms with Crippen molar-refractivity contribution in [1.82, 2.24) is 10.2 Å². The van der Waals surface area contributed by atoms with Gasteiger partial charge < -0.3 is 15.5 Å². The van der Waals surface area contributed by atoms with E-state index in [-0.39, 0.29) is 6.03 Å². The molecule has 1 aliphatic rings. The molecule has 1 aliphatic heterocycles. The first-order valence-electron chi connectivity index (χ1n) is 6.03. The summed E-state index contributed by atoms with van der Waals surface area (Å²) in [5, 5.41) is 6.19. The molecule has 0 radical (unpaired) electrons. The lowest BCUT2D eigenvalue weighted by Gasteiger charge is -2.21. The number of carbonyl (C=O) groups is 1. The van der Waals surface area contributed by atoms with Gasteiger partial charge in [-0.3, -0.25) is 0 Å². The van der Waals surface area contributed by atoms with Crippen molar-refractivity contribution in [3.05, 3.63) is 30.3 Å². The minimum atomic E-state index is -0.0388. The normalized spacial score (nSPS) is 19.0. The number of hydrogen-bond acceptors (Lipinski definition) is 2. The maximum Gasteiger partial charge on any atom is 0.321 e. The van der Waals surface area contributed by atoms with Gasteiger partial charge in [0.1, 0.15) is 0 Å². The lowest BCUT2D eigenvalue weighted by atomic mass is 10.1. The Morgan fingerprint density at radius 2 is 2.24 bits per heavy atom. The number of nitrogens with one attached hydrogen (secondary N) is 2. The molecule has 2 N–H and O–H groups in total. The zero-order chi connectivity index (χ0) is 12.1. The molecule has 1 aromatic rings. The van der Waals surface area contributed by atoms with Crippen LogP contribution in [0.25, 0.3) is 0 Å². The molecule has 0 aliphatic carbocycles. The Labute approximate surface area is 102 Å². The summed E-state index contributed by atoms with van der Waals surface area (Å²) in [7, 11) is 1.84. The van der Waals surface area contributed by atoms with E-state index in [0.29, 0.717) is 5.92 Å². The average molecular weight is 233 g/mol. The molecule has 1 saturated heterocycles. The van der Waals surface area contributed by atoms with Crippen LogP contribution in [0.5, 0.6) is 0 Å². The van der Waals surface area contributed by atoms with Gasteiger partial charge in [0.15, 0.2) is 0 Å². The van der Waals surface area contributed by atoms with Crippen molar-refractivity contribution in [1.29, 1.82) is 0 Å². The Bertz CT molecular complexity index is 360. The summed E-state index contributed by atoms with van der Waals surface area (Å²) >= 11 is 0. The summed E-state index contributed by atoms with van der Waals surface area (Å²) < 4.78 is 0. The van der Waals surface area contributed by atoms with E-state index in [4.69, 9.17) is 0 Å². The quantitative estimate of drug-likeness (QED) is 0.835. The zero-order valence-corrected chi connectivity index (χ0v) is 10.1. The predicted molar refractivity (Wildman–Crippen MR) is 69.1 cm³/mol. The highest BCUT2D eigenvalue weighted by molar-refractivity contribution is 5.89. The molecule has 0 bridgehead atoms. The minimum Gasteiger partial charge on any atom is -0.327 e. The van der Waals surface area contributed by atoms with Gasteiger partial charge in [0, 0.05) is 19.3 Å². The highest BCUT2D eigenvalue weighted by Crippen LogP contribution is 2.10. The standard InChI is InChI=1S/C13H19N3O/c1-16(10-11-7-8-14-9-11)13(17)15-12-5-3-2-4-6-12/h2-6,11,14H,7-10H2,1H3,(H,15,17). The van der Waals surface area contributed by atoms with Crippen molar-refractivity contribution in [3.8, 4) is 0 Å². The molecular weight excluding hydrogens is 214 g/mol. The molecule has 92 valence electrons. The summed E-state index contributed by atoms with van der Waals surface area (Å²) in [6, 6.07) is 9.51. The van der Waals surface area contributed by atoms with Gasteiger partial charge in [-0.05, 0) is 37.6 Å². The fourth-order valence-corrected chi connectivity index (χ4v) is 2.08. The Morgan fingerprint density at radius 1 is 1.47 bits per heavy atom. The SMILES string of the molecule is CN(CC1CCNC1)C(=O)Nc1ccccc1. The topological polar surface area (TPSA) is 44.4 Å². The van der Waals surface area contributed by atoms with Crippen molar-refractivity contribution in [2.24, 2.45) is 5.92 Å². The van der Waals surface area contributed by atoms with Crippen LogP contribution in [-0.4, -0.2) is 37.6 Å². The second kappa shape index (κ2) is 5.68. The van der Waals surface area contributed by atoms with E-state index in [1.165, 1.54) is 0 Å². The number of rotatable bonds is 3. The number of para-hydroxylation sites is 1. The van der Waals surface area contributed by atoms with E-state index in [1.54, 1.807) is 4.90 Å². The highest BCUT2D eigenvalue weighted by atomic mass is 16.2. The number of benzene rings is 1. The van der Waals surface area contributed by atoms with Crippen LogP contribution < -0.4 is 10.6 Å². The maximum absolute atomic E-state index is 11.9. The number of amides is 2. The van der Waals surface area contributed by atoms with Gasteiger partial charge in [0.25, 0.3) is 0 Å². The maximum atomic E-state index is 11.9. The molecule has 1 unspecified atom stereocenters. The van der Waals surface area contributed by atoms with Gasteiger partial charge >= 0.3 is 6.03 Å². The predicted octanol–water partition coefficient (Wildman–Crippen LogP) is 1.76. The van der Waals surface area contributed by atoms with Gasteiger partial charge in [0.05, 0.1) is 0 Å². The average Bonchev–Trinajstić information content (AvgIpc) is 2.83. The first-order chi connectivity index (χ1) is 8.25. The smallest absolute Gasteiger partial charge is 0.321 e. The summed E-state index contributed by atoms with van der Waals surface area (Å²) in [6.45, 7) is 2.90. The van der Waals surface area contributed by atoms with Crippen LogP contribution in [0.2, 0.25) is 0 Å². The van der Waals surface area contributed by atoms with Crippen LogP contribution in [0.1, 0.15) is 6.42 Å². The van der Waals surface area contributed by atoms with Crippen molar-refractivity contribution in [2.45, 2.75) is 6.42 Å². The summed E-state index contributed by atoms with van der Waals surface area (Å²) in [4.78, 5) is 13.6. The monoisotopic (exact) mass is 233 g/mol. The van der Waals surface area contributed by atoms with E-state index in [2.05, 4.69) is 10.6 Å². The van der Waals surface area contributed by atoms with Crippen LogP contribution in [0.4, 0.5) is 10.5 Å². The van der Waals surface area contributed by atoms with Crippen molar-refractivity contribution in [2.75, 3.05) is 32.0 Å². The number of hydrogen-bond donors (Lipinski definition) is 2. The number of anilines is 1. The van der Waals surface area contributed by atoms with Gasteiger partial charge in [-0.1, -0.05) is 18.2 Å². The summed E-state index contributed by atoms with van der Waals surface area (Å²) in [5.74, 6) is 0.585. The van der Waals surface area contributed by atoms with Crippen LogP contribution in [-0.2, 0) is 0 Å². The first-order valence-corrected chi connectivity index (χ1v) is 6.03. The lowest BCUT2D eigenvalue weighted by molar-refractivity contribution is 0.215. The van der Waals surface area contributed by atoms with Gasteiger partial charge in [-0.15, -0.1) is 0 Å². The molecule has 0 spiro atoms. The minimum absolute atomic E-state index is 0.0388. The van der Waals surface area contributed by atoms with Crippen LogP contribution in [0.15, 0.2) is 30.3 Å². The second-order valence-corrected chi connectivity index (χ2v) is 4.54. The Balaban J connectivity index is 1.82. The van der Waals surface area contributed by atoms with Crippen molar-refractivity contribution < 1.29 is 4.79 Å². The molecule has 0 saturated carbocycles. The Hall–Kier alpha value is -1.55. The number of carbonyl (C=O) groups excluding carboxylic acids is 1. The van der Waals surface area contributed by atoms with E-state index in [1.807, 2.05) is 37.4 Å². The van der Waals surface area contributed by atoms with Crippen LogP contribution in [0.3, 0.4) is 0 Å². The van der Waals surface area contributed by atoms with E-state index in [9.17, 15) is 4.79 Å². The molecular formula is C13H19N3O.